The van der Waals surface area contributed by atoms with Crippen molar-refractivity contribution in [2.24, 2.45) is 5.41 Å². The molecule has 0 unspecified atom stereocenters. The fourth-order valence-corrected chi connectivity index (χ4v) is 4.07. The number of carbonyl (C=O) groups excluding carboxylic acids is 2. The molecule has 1 aromatic heterocycles. The van der Waals surface area contributed by atoms with Crippen LogP contribution in [0.1, 0.15) is 51.1 Å². The zero-order chi connectivity index (χ0) is 18.4. The quantitative estimate of drug-likeness (QED) is 0.789. The maximum Gasteiger partial charge on any atom is 0.409 e. The molecule has 2 amide bonds. The van der Waals surface area contributed by atoms with Gasteiger partial charge in [0.05, 0.1) is 12.9 Å². The number of unbranched alkanes of at least 4 members (excludes halogenated alkanes) is 1. The number of nitrogens with one attached hydrogen (secondary N) is 1. The predicted molar refractivity (Wildman–Crippen MR) is 97.6 cm³/mol. The van der Waals surface area contributed by atoms with E-state index in [2.05, 4.69) is 16.9 Å². The summed E-state index contributed by atoms with van der Waals surface area (Å²) in [6.45, 7) is 5.47. The van der Waals surface area contributed by atoms with Gasteiger partial charge >= 0.3 is 6.09 Å². The monoisotopic (exact) mass is 362 g/mol. The van der Waals surface area contributed by atoms with E-state index < -0.39 is 0 Å². The van der Waals surface area contributed by atoms with E-state index >= 15 is 0 Å². The minimum atomic E-state index is -0.196. The summed E-state index contributed by atoms with van der Waals surface area (Å²) in [6.07, 6.45) is 9.46. The average molecular weight is 362 g/mol. The molecule has 2 fully saturated rings. The Kier molecular flexibility index (Phi) is 6.16. The first kappa shape index (κ1) is 18.7. The molecule has 1 atom stereocenters. The van der Waals surface area contributed by atoms with Gasteiger partial charge < -0.3 is 19.5 Å². The van der Waals surface area contributed by atoms with Crippen molar-refractivity contribution in [1.82, 2.24) is 19.8 Å². The summed E-state index contributed by atoms with van der Waals surface area (Å²) in [5.74, 6) is 0.220. The number of amides is 2. The number of ether oxygens (including phenoxy) is 1. The molecule has 1 N–H and O–H groups in total. The van der Waals surface area contributed by atoms with Gasteiger partial charge in [-0.05, 0) is 25.7 Å². The number of piperidine rings is 2. The van der Waals surface area contributed by atoms with Crippen LogP contribution in [-0.2, 0) is 16.0 Å². The molecule has 26 heavy (non-hydrogen) atoms. The van der Waals surface area contributed by atoms with Crippen molar-refractivity contribution in [3.8, 4) is 0 Å². The number of imidazole rings is 1. The summed E-state index contributed by atoms with van der Waals surface area (Å²) in [7, 11) is 0. The number of hydrogen-bond acceptors (Lipinski definition) is 4. The van der Waals surface area contributed by atoms with E-state index in [0.717, 1.165) is 57.3 Å². The van der Waals surface area contributed by atoms with Gasteiger partial charge in [-0.1, -0.05) is 13.3 Å². The standard InChI is InChI=1S/C19H30N4O3/c1-2-3-11-26-18(25)23-9-4-7-19(14-23)8-5-17(24)22(13-19)10-6-16-12-20-15-21-16/h12,15H,2-11,13-14H2,1H3,(H,20,21)/t19-/m0/s1. The van der Waals surface area contributed by atoms with Gasteiger partial charge in [0.2, 0.25) is 5.91 Å². The Morgan fingerprint density at radius 1 is 1.38 bits per heavy atom. The number of aromatic nitrogens is 2. The second-order valence-electron chi connectivity index (χ2n) is 7.64. The Labute approximate surface area is 155 Å². The molecule has 0 aromatic carbocycles. The highest BCUT2D eigenvalue weighted by molar-refractivity contribution is 5.77. The third kappa shape index (κ3) is 4.56. The molecule has 2 saturated heterocycles. The van der Waals surface area contributed by atoms with E-state index in [0.29, 0.717) is 26.1 Å². The van der Waals surface area contributed by atoms with Crippen LogP contribution in [0.15, 0.2) is 12.5 Å². The molecule has 144 valence electrons. The molecule has 7 heteroatoms. The van der Waals surface area contributed by atoms with Crippen LogP contribution in [0.5, 0.6) is 0 Å². The molecule has 2 aliphatic rings. The van der Waals surface area contributed by atoms with E-state index in [9.17, 15) is 9.59 Å². The number of H-pyrrole nitrogens is 1. The van der Waals surface area contributed by atoms with Gasteiger partial charge in [0.15, 0.2) is 0 Å². The van der Waals surface area contributed by atoms with E-state index in [1.807, 2.05) is 9.80 Å². The lowest BCUT2D eigenvalue weighted by Gasteiger charge is -2.47. The summed E-state index contributed by atoms with van der Waals surface area (Å²) in [6, 6.07) is 0. The first-order valence-electron chi connectivity index (χ1n) is 9.79. The van der Waals surface area contributed by atoms with Gasteiger partial charge in [0.25, 0.3) is 0 Å². The summed E-state index contributed by atoms with van der Waals surface area (Å²) < 4.78 is 5.40. The number of hydrogen-bond donors (Lipinski definition) is 1. The van der Waals surface area contributed by atoms with E-state index in [-0.39, 0.29) is 17.4 Å². The van der Waals surface area contributed by atoms with Crippen molar-refractivity contribution in [3.05, 3.63) is 18.2 Å². The van der Waals surface area contributed by atoms with Gasteiger partial charge in [-0.2, -0.15) is 0 Å². The van der Waals surface area contributed by atoms with Crippen LogP contribution in [-0.4, -0.2) is 64.6 Å². The number of nitrogens with zero attached hydrogens (tertiary/aromatic N) is 3. The van der Waals surface area contributed by atoms with Crippen LogP contribution in [0.3, 0.4) is 0 Å². The fraction of sp³-hybridized carbons (Fsp3) is 0.737. The molecular formula is C19H30N4O3. The minimum Gasteiger partial charge on any atom is -0.449 e. The highest BCUT2D eigenvalue weighted by atomic mass is 16.6. The Hall–Kier alpha value is -2.05. The third-order valence-corrected chi connectivity index (χ3v) is 5.60. The zero-order valence-electron chi connectivity index (χ0n) is 15.7. The van der Waals surface area contributed by atoms with Crippen molar-refractivity contribution in [2.75, 3.05) is 32.8 Å². The SMILES string of the molecule is CCCCOC(=O)N1CCC[C@@]2(CCC(=O)N(CCc3cnc[nH]3)C2)C1. The molecule has 0 bridgehead atoms. The fourth-order valence-electron chi connectivity index (χ4n) is 4.07. The van der Waals surface area contributed by atoms with Crippen molar-refractivity contribution < 1.29 is 14.3 Å². The molecule has 7 nitrogen and oxygen atoms in total. The van der Waals surface area contributed by atoms with E-state index in [4.69, 9.17) is 4.74 Å². The topological polar surface area (TPSA) is 78.5 Å². The highest BCUT2D eigenvalue weighted by Gasteiger charge is 2.42. The maximum absolute atomic E-state index is 12.4. The minimum absolute atomic E-state index is 0.0178. The molecule has 3 heterocycles. The van der Waals surface area contributed by atoms with Crippen molar-refractivity contribution >= 4 is 12.0 Å². The molecule has 0 aliphatic carbocycles. The van der Waals surface area contributed by atoms with Gasteiger partial charge in [0, 0.05) is 56.3 Å². The molecule has 3 rings (SSSR count). The molecule has 0 radical (unpaired) electrons. The summed E-state index contributed by atoms with van der Waals surface area (Å²) in [4.78, 5) is 35.6. The summed E-state index contributed by atoms with van der Waals surface area (Å²) >= 11 is 0. The van der Waals surface area contributed by atoms with Crippen LogP contribution in [0, 0.1) is 5.41 Å². The van der Waals surface area contributed by atoms with Crippen LogP contribution in [0.4, 0.5) is 4.79 Å². The molecular weight excluding hydrogens is 332 g/mol. The number of likely N-dealkylation sites (tertiary alicyclic amines) is 2. The average Bonchev–Trinajstić information content (AvgIpc) is 3.16. The number of rotatable bonds is 6. The van der Waals surface area contributed by atoms with E-state index in [1.165, 1.54) is 0 Å². The smallest absolute Gasteiger partial charge is 0.409 e. The van der Waals surface area contributed by atoms with Crippen molar-refractivity contribution in [3.63, 3.8) is 0 Å². The lowest BCUT2D eigenvalue weighted by Crippen LogP contribution is -2.55. The predicted octanol–water partition coefficient (Wildman–Crippen LogP) is 2.59. The molecule has 2 aliphatic heterocycles. The molecule has 1 spiro atoms. The van der Waals surface area contributed by atoms with Crippen LogP contribution in [0.25, 0.3) is 0 Å². The zero-order valence-corrected chi connectivity index (χ0v) is 15.7. The Morgan fingerprint density at radius 3 is 3.04 bits per heavy atom. The second kappa shape index (κ2) is 8.56. The lowest BCUT2D eigenvalue weighted by molar-refractivity contribution is -0.139. The number of aromatic amines is 1. The Bertz CT molecular complexity index is 604. The summed E-state index contributed by atoms with van der Waals surface area (Å²) in [5.41, 5.74) is 1.06. The van der Waals surface area contributed by atoms with Crippen LogP contribution < -0.4 is 0 Å². The van der Waals surface area contributed by atoms with Gasteiger partial charge in [-0.15, -0.1) is 0 Å². The van der Waals surface area contributed by atoms with Gasteiger partial charge in [-0.25, -0.2) is 9.78 Å². The van der Waals surface area contributed by atoms with Crippen LogP contribution >= 0.6 is 0 Å². The van der Waals surface area contributed by atoms with Crippen molar-refractivity contribution in [1.29, 1.82) is 0 Å². The first-order chi connectivity index (χ1) is 12.6. The first-order valence-corrected chi connectivity index (χ1v) is 9.79. The lowest BCUT2D eigenvalue weighted by atomic mass is 9.73. The molecule has 0 saturated carbocycles. The Balaban J connectivity index is 1.57. The van der Waals surface area contributed by atoms with Crippen LogP contribution in [0.2, 0.25) is 0 Å². The van der Waals surface area contributed by atoms with E-state index in [1.54, 1.807) is 12.5 Å². The van der Waals surface area contributed by atoms with Crippen molar-refractivity contribution in [2.45, 2.75) is 51.9 Å². The third-order valence-electron chi connectivity index (χ3n) is 5.60. The van der Waals surface area contributed by atoms with Gasteiger partial charge in [-0.3, -0.25) is 4.79 Å². The Morgan fingerprint density at radius 2 is 2.27 bits per heavy atom. The summed E-state index contributed by atoms with van der Waals surface area (Å²) in [5, 5.41) is 0. The second-order valence-corrected chi connectivity index (χ2v) is 7.64. The normalized spacial score (nSPS) is 23.5. The maximum atomic E-state index is 12.4. The highest BCUT2D eigenvalue weighted by Crippen LogP contribution is 2.39. The van der Waals surface area contributed by atoms with Gasteiger partial charge in [0.1, 0.15) is 0 Å². The largest absolute Gasteiger partial charge is 0.449 e. The molecule has 1 aromatic rings. The number of carbonyl (C=O) groups is 2.